The SMILES string of the molecule is COc1ccc(NC(=O)[C@H]2[C@H]3O[C@H]([C@@H]4C[C@@H]43)[C@H]2c2ccc(C)nc2)cn1.Cc1ccc(NC(=O)[C@@H]2[C@@H]3O[C@@H]([C@H]4C[C@H]43)[C@@H]2c2ccc(C)nc2)cn1. The summed E-state index contributed by atoms with van der Waals surface area (Å²) < 4.78 is 17.5. The summed E-state index contributed by atoms with van der Waals surface area (Å²) >= 11 is 0. The number of nitrogens with one attached hydrogen (secondary N) is 2. The fourth-order valence-electron chi connectivity index (χ4n) is 9.31. The molecule has 4 aromatic heterocycles. The smallest absolute Gasteiger partial charge is 0.230 e. The topological polar surface area (TPSA) is 137 Å². The highest BCUT2D eigenvalue weighted by Gasteiger charge is 2.69. The van der Waals surface area contributed by atoms with Crippen LogP contribution in [-0.2, 0) is 19.1 Å². The maximum Gasteiger partial charge on any atom is 0.230 e. The lowest BCUT2D eigenvalue weighted by Crippen LogP contribution is -2.37. The molecule has 51 heavy (non-hydrogen) atoms. The maximum atomic E-state index is 13.1. The Bertz CT molecular complexity index is 1940. The maximum absolute atomic E-state index is 13.1. The molecule has 11 nitrogen and oxygen atoms in total. The van der Waals surface area contributed by atoms with E-state index in [1.54, 1.807) is 31.6 Å². The Morgan fingerprint density at radius 2 is 1.02 bits per heavy atom. The summed E-state index contributed by atoms with van der Waals surface area (Å²) in [6, 6.07) is 15.6. The van der Waals surface area contributed by atoms with Crippen molar-refractivity contribution in [3.63, 3.8) is 0 Å². The van der Waals surface area contributed by atoms with Crippen LogP contribution in [0.2, 0.25) is 0 Å². The first-order chi connectivity index (χ1) is 24.8. The summed E-state index contributed by atoms with van der Waals surface area (Å²) in [5.74, 6) is 2.73. The lowest BCUT2D eigenvalue weighted by molar-refractivity contribution is -0.122. The molecule has 0 aromatic carbocycles. The van der Waals surface area contributed by atoms with Crippen LogP contribution in [0.15, 0.2) is 73.3 Å². The Morgan fingerprint density at radius 3 is 1.41 bits per heavy atom. The fraction of sp³-hybridized carbons (Fsp3) is 0.450. The minimum absolute atomic E-state index is 0.000363. The zero-order valence-electron chi connectivity index (χ0n) is 29.1. The van der Waals surface area contributed by atoms with Crippen LogP contribution in [0.25, 0.3) is 0 Å². The van der Waals surface area contributed by atoms with Crippen molar-refractivity contribution in [3.05, 3.63) is 102 Å². The third-order valence-corrected chi connectivity index (χ3v) is 11.9. The second-order valence-electron chi connectivity index (χ2n) is 15.1. The number of aromatic nitrogens is 4. The Morgan fingerprint density at radius 1 is 0.588 bits per heavy atom. The predicted molar refractivity (Wildman–Crippen MR) is 188 cm³/mol. The van der Waals surface area contributed by atoms with Crippen molar-refractivity contribution in [1.29, 1.82) is 0 Å². The van der Waals surface area contributed by atoms with Crippen LogP contribution in [-0.4, -0.2) is 63.3 Å². The van der Waals surface area contributed by atoms with Crippen molar-refractivity contribution in [2.45, 2.75) is 69.9 Å². The highest BCUT2D eigenvalue weighted by atomic mass is 16.5. The summed E-state index contributed by atoms with van der Waals surface area (Å²) in [6.07, 6.45) is 9.87. The Kier molecular flexibility index (Phi) is 7.88. The van der Waals surface area contributed by atoms with Crippen molar-refractivity contribution in [3.8, 4) is 5.88 Å². The molecule has 12 atom stereocenters. The van der Waals surface area contributed by atoms with Crippen molar-refractivity contribution >= 4 is 23.2 Å². The van der Waals surface area contributed by atoms with E-state index in [9.17, 15) is 9.59 Å². The minimum Gasteiger partial charge on any atom is -0.481 e. The van der Waals surface area contributed by atoms with Crippen LogP contribution in [0.3, 0.4) is 0 Å². The van der Waals surface area contributed by atoms with Gasteiger partial charge < -0.3 is 24.8 Å². The lowest BCUT2D eigenvalue weighted by atomic mass is 9.75. The van der Waals surface area contributed by atoms with Crippen LogP contribution >= 0.6 is 0 Å². The lowest BCUT2D eigenvalue weighted by Gasteiger charge is -2.27. The van der Waals surface area contributed by atoms with E-state index in [0.717, 1.165) is 33.9 Å². The number of hydrogen-bond donors (Lipinski definition) is 2. The van der Waals surface area contributed by atoms with E-state index in [2.05, 4.69) is 42.7 Å². The second kappa shape index (κ2) is 12.5. The molecular weight excluding hydrogens is 644 g/mol. The molecule has 8 heterocycles. The largest absolute Gasteiger partial charge is 0.481 e. The van der Waals surface area contributed by atoms with Crippen molar-refractivity contribution < 1.29 is 23.8 Å². The first-order valence-electron chi connectivity index (χ1n) is 18.0. The quantitative estimate of drug-likeness (QED) is 0.262. The number of ether oxygens (including phenoxy) is 3. The van der Waals surface area contributed by atoms with E-state index in [1.807, 2.05) is 57.4 Å². The van der Waals surface area contributed by atoms with Gasteiger partial charge in [-0.3, -0.25) is 24.5 Å². The van der Waals surface area contributed by atoms with Crippen LogP contribution < -0.4 is 15.4 Å². The third-order valence-electron chi connectivity index (χ3n) is 11.9. The molecule has 2 saturated carbocycles. The number of carbonyl (C=O) groups is 2. The van der Waals surface area contributed by atoms with Gasteiger partial charge in [-0.15, -0.1) is 0 Å². The molecular formula is C40H42N6O5. The number of hydrogen-bond acceptors (Lipinski definition) is 9. The molecule has 0 radical (unpaired) electrons. The number of pyridine rings is 4. The molecule has 4 saturated heterocycles. The monoisotopic (exact) mass is 686 g/mol. The number of anilines is 2. The first-order valence-corrected chi connectivity index (χ1v) is 18.0. The molecule has 4 aliphatic heterocycles. The summed E-state index contributed by atoms with van der Waals surface area (Å²) in [7, 11) is 1.57. The molecule has 4 bridgehead atoms. The normalized spacial score (nSPS) is 34.1. The van der Waals surface area contributed by atoms with Crippen molar-refractivity contribution in [1.82, 2.24) is 19.9 Å². The average molecular weight is 687 g/mol. The molecule has 10 rings (SSSR count). The van der Waals surface area contributed by atoms with E-state index in [-0.39, 0.29) is 59.9 Å². The molecule has 4 aromatic rings. The molecule has 2 amide bonds. The average Bonchev–Trinajstić information content (AvgIpc) is 3.98. The van der Waals surface area contributed by atoms with E-state index >= 15 is 0 Å². The molecule has 2 aliphatic carbocycles. The standard InChI is InChI=1S/C20H21N3O3.C20H21N3O2/c1-10-3-4-11(8-21-10)16-17(19-14-7-13(14)18(16)26-19)20(24)23-12-5-6-15(25-2)22-9-12;1-10-3-5-12(8-21-10)16-17(19-15-7-14(15)18(16)25-19)20(24)23-13-6-4-11(2)22-9-13/h3-6,8-9,13-14,16-19H,7H2,1-2H3,(H,23,24);3-6,8-9,14-19H,7H2,1-2H3,(H,23,24)/t13-,14+,16+,17-,18-,19+;14-,15+,16+,17-,18-,19+/m10/s1. The number of carbonyl (C=O) groups excluding carboxylic acids is 2. The van der Waals surface area contributed by atoms with E-state index in [4.69, 9.17) is 14.2 Å². The van der Waals surface area contributed by atoms with Gasteiger partial charge in [-0.05, 0) is 98.7 Å². The van der Waals surface area contributed by atoms with Gasteiger partial charge in [0.2, 0.25) is 17.7 Å². The zero-order valence-corrected chi connectivity index (χ0v) is 29.1. The van der Waals surface area contributed by atoms with Crippen LogP contribution in [0.5, 0.6) is 5.88 Å². The predicted octanol–water partition coefficient (Wildman–Crippen LogP) is 5.40. The Balaban J connectivity index is 0.000000137. The first kappa shape index (κ1) is 32.2. The molecule has 0 unspecified atom stereocenters. The van der Waals surface area contributed by atoms with Gasteiger partial charge in [0.05, 0.1) is 67.1 Å². The molecule has 11 heteroatoms. The molecule has 0 spiro atoms. The summed E-state index contributed by atoms with van der Waals surface area (Å²) in [4.78, 5) is 43.5. The number of nitrogens with zero attached hydrogens (tertiary/aromatic N) is 4. The highest BCUT2D eigenvalue weighted by Crippen LogP contribution is 2.66. The number of aryl methyl sites for hydroxylation is 3. The van der Waals surface area contributed by atoms with Gasteiger partial charge in [-0.2, -0.15) is 0 Å². The van der Waals surface area contributed by atoms with Crippen LogP contribution in [0.4, 0.5) is 11.4 Å². The van der Waals surface area contributed by atoms with Crippen molar-refractivity contribution in [2.75, 3.05) is 17.7 Å². The number of methoxy groups -OCH3 is 1. The second-order valence-corrected chi connectivity index (χ2v) is 15.1. The zero-order chi connectivity index (χ0) is 35.0. The van der Waals surface area contributed by atoms with Gasteiger partial charge in [-0.25, -0.2) is 4.98 Å². The van der Waals surface area contributed by atoms with Gasteiger partial charge in [0.15, 0.2) is 0 Å². The number of amides is 2. The van der Waals surface area contributed by atoms with Crippen molar-refractivity contribution in [2.24, 2.45) is 35.5 Å². The summed E-state index contributed by atoms with van der Waals surface area (Å²) in [5.41, 5.74) is 6.53. The third kappa shape index (κ3) is 5.76. The fourth-order valence-corrected chi connectivity index (χ4v) is 9.31. The molecule has 6 aliphatic rings. The summed E-state index contributed by atoms with van der Waals surface area (Å²) in [5, 5.41) is 6.06. The van der Waals surface area contributed by atoms with E-state index < -0.39 is 0 Å². The van der Waals surface area contributed by atoms with Gasteiger partial charge in [0.25, 0.3) is 0 Å². The van der Waals surface area contributed by atoms with Gasteiger partial charge in [-0.1, -0.05) is 12.1 Å². The van der Waals surface area contributed by atoms with Gasteiger partial charge in [0.1, 0.15) is 0 Å². The van der Waals surface area contributed by atoms with Crippen LogP contribution in [0, 0.1) is 56.3 Å². The molecule has 2 N–H and O–H groups in total. The number of fused-ring (bicyclic) bond motifs is 10. The molecule has 6 fully saturated rings. The van der Waals surface area contributed by atoms with Gasteiger partial charge >= 0.3 is 0 Å². The van der Waals surface area contributed by atoms with Crippen LogP contribution in [0.1, 0.15) is 52.9 Å². The minimum atomic E-state index is -0.185. The Labute approximate surface area is 297 Å². The van der Waals surface area contributed by atoms with E-state index in [0.29, 0.717) is 35.2 Å². The van der Waals surface area contributed by atoms with E-state index in [1.165, 1.54) is 12.8 Å². The number of rotatable bonds is 7. The van der Waals surface area contributed by atoms with Gasteiger partial charge in [0, 0.05) is 47.4 Å². The highest BCUT2D eigenvalue weighted by molar-refractivity contribution is 5.95. The summed E-state index contributed by atoms with van der Waals surface area (Å²) in [6.45, 7) is 5.88. The molecule has 262 valence electrons. The Hall–Kier alpha value is -4.74.